The Balaban J connectivity index is 2.27. The van der Waals surface area contributed by atoms with Crippen molar-refractivity contribution in [3.05, 3.63) is 54.1 Å². The molecule has 0 fully saturated rings. The predicted molar refractivity (Wildman–Crippen MR) is 67.1 cm³/mol. The molecule has 0 N–H and O–H groups in total. The monoisotopic (exact) mass is 228 g/mol. The minimum absolute atomic E-state index is 0.0723. The molecule has 3 heteroatoms. The van der Waals surface area contributed by atoms with Crippen LogP contribution in [-0.4, -0.2) is 15.3 Å². The number of carbonyl (C=O) groups excluding carboxylic acids is 1. The molecule has 0 radical (unpaired) electrons. The van der Waals surface area contributed by atoms with Crippen LogP contribution in [0.4, 0.5) is 0 Å². The van der Waals surface area contributed by atoms with E-state index in [2.05, 4.69) is 4.98 Å². The molecule has 17 heavy (non-hydrogen) atoms. The number of rotatable bonds is 4. The Labute approximate surface area is 101 Å². The van der Waals surface area contributed by atoms with Crippen molar-refractivity contribution >= 4 is 5.78 Å². The second-order valence-electron chi connectivity index (χ2n) is 4.03. The molecule has 0 spiro atoms. The maximum absolute atomic E-state index is 12.3. The van der Waals surface area contributed by atoms with Crippen molar-refractivity contribution in [2.45, 2.75) is 26.3 Å². The number of aryl methyl sites for hydroxylation is 1. The first kappa shape index (κ1) is 11.6. The van der Waals surface area contributed by atoms with Gasteiger partial charge >= 0.3 is 0 Å². The SMILES string of the molecule is CCn1ccnc1C(=O)C(C)c1ccccc1. The van der Waals surface area contributed by atoms with Crippen molar-refractivity contribution in [3.63, 3.8) is 0 Å². The van der Waals surface area contributed by atoms with E-state index in [9.17, 15) is 4.79 Å². The van der Waals surface area contributed by atoms with Gasteiger partial charge in [0.1, 0.15) is 0 Å². The molecule has 0 saturated carbocycles. The molecule has 0 saturated heterocycles. The molecule has 2 aromatic rings. The third-order valence-corrected chi connectivity index (χ3v) is 2.97. The summed E-state index contributed by atoms with van der Waals surface area (Å²) in [5.74, 6) is 0.468. The molecule has 1 unspecified atom stereocenters. The van der Waals surface area contributed by atoms with E-state index in [1.165, 1.54) is 0 Å². The molecule has 0 amide bonds. The van der Waals surface area contributed by atoms with Crippen LogP contribution in [0.3, 0.4) is 0 Å². The molecule has 1 aromatic heterocycles. The van der Waals surface area contributed by atoms with Crippen molar-refractivity contribution in [2.75, 3.05) is 0 Å². The Hall–Kier alpha value is -1.90. The summed E-state index contributed by atoms with van der Waals surface area (Å²) in [4.78, 5) is 16.4. The molecular weight excluding hydrogens is 212 g/mol. The van der Waals surface area contributed by atoms with E-state index in [0.29, 0.717) is 5.82 Å². The molecule has 1 aromatic carbocycles. The van der Waals surface area contributed by atoms with Gasteiger partial charge in [0.25, 0.3) is 0 Å². The van der Waals surface area contributed by atoms with E-state index in [1.807, 2.05) is 54.9 Å². The topological polar surface area (TPSA) is 34.9 Å². The summed E-state index contributed by atoms with van der Waals surface area (Å²) in [5.41, 5.74) is 1.03. The highest BCUT2D eigenvalue weighted by molar-refractivity contribution is 5.97. The average Bonchev–Trinajstić information content (AvgIpc) is 2.86. The molecular formula is C14H16N2O. The van der Waals surface area contributed by atoms with Crippen molar-refractivity contribution < 1.29 is 4.79 Å². The van der Waals surface area contributed by atoms with E-state index >= 15 is 0 Å². The van der Waals surface area contributed by atoms with Crippen molar-refractivity contribution in [1.29, 1.82) is 0 Å². The highest BCUT2D eigenvalue weighted by atomic mass is 16.1. The normalized spacial score (nSPS) is 12.4. The Morgan fingerprint density at radius 2 is 2.06 bits per heavy atom. The number of benzene rings is 1. The molecule has 0 aliphatic rings. The predicted octanol–water partition coefficient (Wildman–Crippen LogP) is 2.89. The summed E-state index contributed by atoms with van der Waals surface area (Å²) < 4.78 is 1.88. The van der Waals surface area contributed by atoms with Crippen LogP contribution < -0.4 is 0 Å². The number of ketones is 1. The van der Waals surface area contributed by atoms with Gasteiger partial charge in [0.2, 0.25) is 5.78 Å². The van der Waals surface area contributed by atoms with Gasteiger partial charge < -0.3 is 4.57 Å². The van der Waals surface area contributed by atoms with E-state index in [0.717, 1.165) is 12.1 Å². The molecule has 0 bridgehead atoms. The van der Waals surface area contributed by atoms with Gasteiger partial charge in [-0.3, -0.25) is 4.79 Å². The van der Waals surface area contributed by atoms with Crippen LogP contribution in [-0.2, 0) is 6.54 Å². The van der Waals surface area contributed by atoms with Crippen LogP contribution >= 0.6 is 0 Å². The van der Waals surface area contributed by atoms with Crippen LogP contribution in [0, 0.1) is 0 Å². The quantitative estimate of drug-likeness (QED) is 0.754. The van der Waals surface area contributed by atoms with Gasteiger partial charge in [0.15, 0.2) is 5.82 Å². The van der Waals surface area contributed by atoms with Crippen LogP contribution in [0.1, 0.15) is 35.9 Å². The van der Waals surface area contributed by atoms with Crippen LogP contribution in [0.25, 0.3) is 0 Å². The summed E-state index contributed by atoms with van der Waals surface area (Å²) in [6, 6.07) is 9.80. The van der Waals surface area contributed by atoms with E-state index in [4.69, 9.17) is 0 Å². The molecule has 1 heterocycles. The third kappa shape index (κ3) is 2.28. The second-order valence-corrected chi connectivity index (χ2v) is 4.03. The highest BCUT2D eigenvalue weighted by Crippen LogP contribution is 2.19. The fraction of sp³-hybridized carbons (Fsp3) is 0.286. The van der Waals surface area contributed by atoms with Crippen molar-refractivity contribution in [3.8, 4) is 0 Å². The number of Topliss-reactive ketones (excluding diaryl/α,β-unsaturated/α-hetero) is 1. The zero-order valence-corrected chi connectivity index (χ0v) is 10.1. The number of carbonyl (C=O) groups is 1. The van der Waals surface area contributed by atoms with E-state index < -0.39 is 0 Å². The standard InChI is InChI=1S/C14H16N2O/c1-3-16-10-9-15-14(16)13(17)11(2)12-7-5-4-6-8-12/h4-11H,3H2,1-2H3. The van der Waals surface area contributed by atoms with E-state index in [1.54, 1.807) is 6.20 Å². The van der Waals surface area contributed by atoms with Gasteiger partial charge in [0, 0.05) is 24.9 Å². The zero-order chi connectivity index (χ0) is 12.3. The zero-order valence-electron chi connectivity index (χ0n) is 10.1. The van der Waals surface area contributed by atoms with Gasteiger partial charge in [-0.2, -0.15) is 0 Å². The fourth-order valence-electron chi connectivity index (χ4n) is 1.88. The van der Waals surface area contributed by atoms with Crippen molar-refractivity contribution in [1.82, 2.24) is 9.55 Å². The molecule has 0 aliphatic carbocycles. The molecule has 0 aliphatic heterocycles. The number of hydrogen-bond acceptors (Lipinski definition) is 2. The lowest BCUT2D eigenvalue weighted by molar-refractivity contribution is 0.0952. The first-order chi connectivity index (χ1) is 8.24. The lowest BCUT2D eigenvalue weighted by atomic mass is 9.96. The molecule has 1 atom stereocenters. The molecule has 2 rings (SSSR count). The first-order valence-corrected chi connectivity index (χ1v) is 5.84. The van der Waals surface area contributed by atoms with Gasteiger partial charge in [-0.25, -0.2) is 4.98 Å². The summed E-state index contributed by atoms with van der Waals surface area (Å²) in [5, 5.41) is 0. The Bertz CT molecular complexity index is 502. The highest BCUT2D eigenvalue weighted by Gasteiger charge is 2.20. The Morgan fingerprint density at radius 1 is 1.35 bits per heavy atom. The Morgan fingerprint density at radius 3 is 2.71 bits per heavy atom. The van der Waals surface area contributed by atoms with Gasteiger partial charge in [-0.1, -0.05) is 37.3 Å². The molecule has 88 valence electrons. The Kier molecular flexibility index (Phi) is 3.38. The first-order valence-electron chi connectivity index (χ1n) is 5.84. The fourth-order valence-corrected chi connectivity index (χ4v) is 1.88. The number of imidazole rings is 1. The number of hydrogen-bond donors (Lipinski definition) is 0. The summed E-state index contributed by atoms with van der Waals surface area (Å²) in [6.07, 6.45) is 3.51. The van der Waals surface area contributed by atoms with Crippen LogP contribution in [0.2, 0.25) is 0 Å². The van der Waals surface area contributed by atoms with Crippen molar-refractivity contribution in [2.24, 2.45) is 0 Å². The van der Waals surface area contributed by atoms with E-state index in [-0.39, 0.29) is 11.7 Å². The number of aromatic nitrogens is 2. The molecule has 3 nitrogen and oxygen atoms in total. The van der Waals surface area contributed by atoms with Crippen LogP contribution in [0.15, 0.2) is 42.7 Å². The maximum Gasteiger partial charge on any atom is 0.205 e. The summed E-state index contributed by atoms with van der Waals surface area (Å²) >= 11 is 0. The second kappa shape index (κ2) is 4.95. The minimum Gasteiger partial charge on any atom is -0.329 e. The van der Waals surface area contributed by atoms with Gasteiger partial charge in [0.05, 0.1) is 0 Å². The van der Waals surface area contributed by atoms with Gasteiger partial charge in [-0.05, 0) is 12.5 Å². The minimum atomic E-state index is -0.149. The lowest BCUT2D eigenvalue weighted by Crippen LogP contribution is -2.15. The maximum atomic E-state index is 12.3. The third-order valence-electron chi connectivity index (χ3n) is 2.97. The average molecular weight is 228 g/mol. The number of nitrogens with zero attached hydrogens (tertiary/aromatic N) is 2. The summed E-state index contributed by atoms with van der Waals surface area (Å²) in [6.45, 7) is 4.70. The summed E-state index contributed by atoms with van der Waals surface area (Å²) in [7, 11) is 0. The largest absolute Gasteiger partial charge is 0.329 e. The van der Waals surface area contributed by atoms with Crippen LogP contribution in [0.5, 0.6) is 0 Å². The smallest absolute Gasteiger partial charge is 0.205 e. The van der Waals surface area contributed by atoms with Gasteiger partial charge in [-0.15, -0.1) is 0 Å². The lowest BCUT2D eigenvalue weighted by Gasteiger charge is -2.11.